The fourth-order valence-electron chi connectivity index (χ4n) is 1.24. The van der Waals surface area contributed by atoms with Crippen LogP contribution in [-0.4, -0.2) is 41.1 Å². The van der Waals surface area contributed by atoms with E-state index in [1.54, 1.807) is 0 Å². The van der Waals surface area contributed by atoms with Gasteiger partial charge in [-0.3, -0.25) is 5.28 Å². The molecule has 0 bridgehead atoms. The fraction of sp³-hybridized carbons (Fsp3) is 0.833. The minimum atomic E-state index is -1.35. The smallest absolute Gasteiger partial charge is 0.724 e. The van der Waals surface area contributed by atoms with Gasteiger partial charge in [-0.05, 0) is 12.8 Å². The molecule has 1 fully saturated rings. The minimum Gasteiger partial charge on any atom is -0.724 e. The third-order valence-corrected chi connectivity index (χ3v) is 1.79. The third kappa shape index (κ3) is 6.48. The normalized spacial score (nSPS) is 18.3. The number of hydrogen-bond acceptors (Lipinski definition) is 7. The summed E-state index contributed by atoms with van der Waals surface area (Å²) in [6, 6.07) is -1.01. The van der Waals surface area contributed by atoms with E-state index in [4.69, 9.17) is 5.11 Å². The zero-order valence-corrected chi connectivity index (χ0v) is 13.6. The summed E-state index contributed by atoms with van der Waals surface area (Å²) in [6.45, 7) is 0.230. The van der Waals surface area contributed by atoms with Gasteiger partial charge in [0.15, 0.2) is 0 Å². The molecule has 1 atom stereocenters. The van der Waals surface area contributed by atoms with Crippen molar-refractivity contribution < 1.29 is 74.1 Å². The van der Waals surface area contributed by atoms with Gasteiger partial charge in [-0.1, -0.05) is 0 Å². The first-order chi connectivity index (χ1) is 6.66. The number of hydrazine groups is 1. The van der Waals surface area contributed by atoms with Gasteiger partial charge < -0.3 is 20.2 Å². The maximum absolute atomic E-state index is 10.6. The summed E-state index contributed by atoms with van der Waals surface area (Å²) in [6.07, 6.45) is 0.865. The van der Waals surface area contributed by atoms with Gasteiger partial charge in [-0.25, -0.2) is 5.01 Å². The molecule has 1 unspecified atom stereocenters. The first-order valence-corrected chi connectivity index (χ1v) is 3.89. The van der Waals surface area contributed by atoms with Crippen molar-refractivity contribution in [3.05, 3.63) is 10.1 Å². The van der Waals surface area contributed by atoms with Crippen molar-refractivity contribution >= 4 is 5.97 Å². The average Bonchev–Trinajstić information content (AvgIpc) is 2.68. The quantitative estimate of drug-likeness (QED) is 0.300. The molecule has 1 aliphatic rings. The van der Waals surface area contributed by atoms with E-state index in [9.17, 15) is 20.0 Å². The van der Waals surface area contributed by atoms with E-state index in [0.29, 0.717) is 12.8 Å². The van der Waals surface area contributed by atoms with Gasteiger partial charge in [0, 0.05) is 13.7 Å². The van der Waals surface area contributed by atoms with E-state index in [2.05, 4.69) is 5.29 Å². The van der Waals surface area contributed by atoms with Crippen molar-refractivity contribution in [2.24, 2.45) is 5.29 Å². The second kappa shape index (κ2) is 12.2. The van der Waals surface area contributed by atoms with Gasteiger partial charge in [0.2, 0.25) is 0 Å². The largest absolute Gasteiger partial charge is 1.00 e. The van der Waals surface area contributed by atoms with E-state index in [1.165, 1.54) is 0 Å². The number of aliphatic hydroxyl groups excluding tert-OH is 1. The molecule has 0 aromatic rings. The van der Waals surface area contributed by atoms with Gasteiger partial charge in [-0.15, -0.1) is 4.91 Å². The SMILES string of the molecule is CO.O=NN([O-])N1CCCC1C(=O)[O-].[Na+].[Na+]. The number of aliphatic hydroxyl groups is 1. The summed E-state index contributed by atoms with van der Waals surface area (Å²) < 4.78 is 0. The zero-order chi connectivity index (χ0) is 11.1. The summed E-state index contributed by atoms with van der Waals surface area (Å²) >= 11 is 0. The molecule has 1 aliphatic heterocycles. The molecule has 1 N–H and O–H groups in total. The molecule has 0 amide bonds. The van der Waals surface area contributed by atoms with E-state index < -0.39 is 12.0 Å². The minimum absolute atomic E-state index is 0. The van der Waals surface area contributed by atoms with Crippen LogP contribution < -0.4 is 64.2 Å². The van der Waals surface area contributed by atoms with Gasteiger partial charge in [0.05, 0.1) is 17.3 Å². The molecule has 0 aromatic heterocycles. The number of nitroso groups, excluding NO2 is 1. The van der Waals surface area contributed by atoms with E-state index >= 15 is 0 Å². The fourth-order valence-corrected chi connectivity index (χ4v) is 1.24. The Balaban J connectivity index is -0.000000399. The summed E-state index contributed by atoms with van der Waals surface area (Å²) in [5.41, 5.74) is 0. The molecule has 0 saturated carbocycles. The number of hydrogen-bond donors (Lipinski definition) is 1. The number of carboxylic acid groups (broad SMARTS) is 1. The van der Waals surface area contributed by atoms with Gasteiger partial charge in [-0.2, -0.15) is 0 Å². The van der Waals surface area contributed by atoms with Crippen LogP contribution in [0.5, 0.6) is 0 Å². The molecule has 10 heteroatoms. The van der Waals surface area contributed by atoms with Crippen LogP contribution in [0.1, 0.15) is 12.8 Å². The number of aliphatic carboxylic acids is 1. The second-order valence-corrected chi connectivity index (χ2v) is 2.47. The Morgan fingerprint density at radius 3 is 2.38 bits per heavy atom. The number of carbonyl (C=O) groups excluding carboxylic acids is 1. The van der Waals surface area contributed by atoms with Crippen molar-refractivity contribution in [1.29, 1.82) is 0 Å². The molecule has 8 nitrogen and oxygen atoms in total. The summed E-state index contributed by atoms with van der Waals surface area (Å²) in [7, 11) is 1.00. The van der Waals surface area contributed by atoms with Crippen LogP contribution in [0.25, 0.3) is 0 Å². The van der Waals surface area contributed by atoms with Crippen LogP contribution in [0.15, 0.2) is 5.29 Å². The standard InChI is InChI=1S/C5H8N3O4.CH4O.2Na/c9-5(10)4-2-1-3-7(4)8(12)6-11;1-2;;/h4H,1-3H2,(H,9,10);2H,1H3;;/q-1;;2*+1/p-1. The zero-order valence-electron chi connectivity index (χ0n) is 9.62. The first kappa shape index (κ1) is 22.0. The topological polar surface area (TPSA) is 119 Å². The number of rotatable bonds is 3. The van der Waals surface area contributed by atoms with Crippen LogP contribution >= 0.6 is 0 Å². The maximum Gasteiger partial charge on any atom is 1.00 e. The molecule has 1 rings (SSSR count). The summed E-state index contributed by atoms with van der Waals surface area (Å²) in [4.78, 5) is 20.1. The molecular weight excluding hydrogens is 240 g/mol. The molecule has 0 radical (unpaired) electrons. The van der Waals surface area contributed by atoms with E-state index in [1.807, 2.05) is 0 Å². The van der Waals surface area contributed by atoms with Crippen LogP contribution in [0.3, 0.4) is 0 Å². The summed E-state index contributed by atoms with van der Waals surface area (Å²) in [5, 5.41) is 30.6. The monoisotopic (exact) mass is 251 g/mol. The molecule has 16 heavy (non-hydrogen) atoms. The predicted octanol–water partition coefficient (Wildman–Crippen LogP) is -7.79. The number of carbonyl (C=O) groups is 1. The van der Waals surface area contributed by atoms with Gasteiger partial charge >= 0.3 is 59.1 Å². The molecule has 1 saturated heterocycles. The number of carboxylic acids is 1. The van der Waals surface area contributed by atoms with E-state index in [0.717, 1.165) is 12.1 Å². The predicted molar refractivity (Wildman–Crippen MR) is 43.9 cm³/mol. The van der Waals surface area contributed by atoms with Crippen molar-refractivity contribution in [1.82, 2.24) is 10.3 Å². The Morgan fingerprint density at radius 2 is 2.00 bits per heavy atom. The molecule has 1 heterocycles. The van der Waals surface area contributed by atoms with Crippen LogP contribution in [0.2, 0.25) is 0 Å². The Morgan fingerprint density at radius 1 is 1.50 bits per heavy atom. The van der Waals surface area contributed by atoms with Crippen molar-refractivity contribution in [2.45, 2.75) is 18.9 Å². The molecule has 0 spiro atoms. The van der Waals surface area contributed by atoms with Crippen molar-refractivity contribution in [3.63, 3.8) is 0 Å². The summed E-state index contributed by atoms with van der Waals surface area (Å²) in [5.74, 6) is -1.35. The molecule has 82 valence electrons. The Labute approximate surface area is 137 Å². The maximum atomic E-state index is 10.6. The second-order valence-electron chi connectivity index (χ2n) is 2.47. The Bertz CT molecular complexity index is 209. The molecule has 0 aliphatic carbocycles. The number of nitrogens with zero attached hydrogens (tertiary/aromatic N) is 3. The van der Waals surface area contributed by atoms with Crippen molar-refractivity contribution in [2.75, 3.05) is 13.7 Å². The van der Waals surface area contributed by atoms with Gasteiger partial charge in [0.25, 0.3) is 0 Å². The van der Waals surface area contributed by atoms with Crippen molar-refractivity contribution in [3.8, 4) is 0 Å². The Hall–Kier alpha value is 0.750. The van der Waals surface area contributed by atoms with Crippen LogP contribution in [0.4, 0.5) is 0 Å². The van der Waals surface area contributed by atoms with Gasteiger partial charge in [0.1, 0.15) is 0 Å². The first-order valence-electron chi connectivity index (χ1n) is 3.89. The average molecular weight is 251 g/mol. The van der Waals surface area contributed by atoms with E-state index in [-0.39, 0.29) is 70.9 Å². The molecular formula is C6H11N3Na2O5. The van der Waals surface area contributed by atoms with Crippen LogP contribution in [-0.2, 0) is 4.79 Å². The Kier molecular flexibility index (Phi) is 16.8. The third-order valence-electron chi connectivity index (χ3n) is 1.79. The molecule has 0 aromatic carbocycles. The van der Waals surface area contributed by atoms with Crippen LogP contribution in [0, 0.1) is 10.1 Å².